The first-order valence-corrected chi connectivity index (χ1v) is 5.03. The first-order valence-electron chi connectivity index (χ1n) is 5.03. The molecule has 0 aliphatic rings. The zero-order chi connectivity index (χ0) is 12.4. The third kappa shape index (κ3) is 2.04. The Balaban J connectivity index is 2.40. The number of esters is 1. The zero-order valence-electron chi connectivity index (χ0n) is 9.03. The van der Waals surface area contributed by atoms with Crippen molar-refractivity contribution >= 4 is 22.7 Å². The Morgan fingerprint density at radius 1 is 1.41 bits per heavy atom. The second kappa shape index (κ2) is 4.37. The fourth-order valence-electron chi connectivity index (χ4n) is 1.44. The largest absolute Gasteiger partial charge is 0.460 e. The maximum absolute atomic E-state index is 13.3. The summed E-state index contributed by atoms with van der Waals surface area (Å²) in [5, 5.41) is 0.428. The Morgan fingerprint density at radius 2 is 2.18 bits per heavy atom. The quantitative estimate of drug-likeness (QED) is 0.466. The molecular formula is C12H9FO4. The molecule has 2 rings (SSSR count). The summed E-state index contributed by atoms with van der Waals surface area (Å²) in [7, 11) is 0. The lowest BCUT2D eigenvalue weighted by molar-refractivity contribution is -0.137. The van der Waals surface area contributed by atoms with Gasteiger partial charge in [-0.2, -0.15) is 0 Å². The molecule has 0 bridgehead atoms. The summed E-state index contributed by atoms with van der Waals surface area (Å²) in [6, 6.07) is 5.61. The summed E-state index contributed by atoms with van der Waals surface area (Å²) >= 11 is 0. The van der Waals surface area contributed by atoms with Crippen molar-refractivity contribution in [2.24, 2.45) is 0 Å². The predicted molar refractivity (Wildman–Crippen MR) is 57.1 cm³/mol. The normalized spacial score (nSPS) is 10.5. The zero-order valence-corrected chi connectivity index (χ0v) is 9.03. The highest BCUT2D eigenvalue weighted by Gasteiger charge is 2.22. The van der Waals surface area contributed by atoms with Gasteiger partial charge in [0.15, 0.2) is 17.2 Å². The van der Waals surface area contributed by atoms with Gasteiger partial charge in [-0.05, 0) is 19.1 Å². The number of Topliss-reactive ketones (excluding diaryl/α,β-unsaturated/α-hetero) is 1. The summed E-state index contributed by atoms with van der Waals surface area (Å²) in [5.74, 6) is -2.72. The van der Waals surface area contributed by atoms with Crippen LogP contribution in [-0.2, 0) is 9.53 Å². The smallest absolute Gasteiger partial charge is 0.383 e. The van der Waals surface area contributed by atoms with Crippen molar-refractivity contribution in [3.63, 3.8) is 0 Å². The van der Waals surface area contributed by atoms with Crippen molar-refractivity contribution in [1.29, 1.82) is 0 Å². The topological polar surface area (TPSA) is 56.5 Å². The Bertz CT molecular complexity index is 585. The highest BCUT2D eigenvalue weighted by molar-refractivity contribution is 6.40. The van der Waals surface area contributed by atoms with E-state index in [-0.39, 0.29) is 18.0 Å². The van der Waals surface area contributed by atoms with Gasteiger partial charge in [-0.3, -0.25) is 4.79 Å². The Kier molecular flexibility index (Phi) is 2.91. The number of rotatable bonds is 3. The van der Waals surface area contributed by atoms with E-state index in [1.807, 2.05) is 0 Å². The molecule has 4 nitrogen and oxygen atoms in total. The first-order chi connectivity index (χ1) is 8.13. The number of carbonyl (C=O) groups is 2. The van der Waals surface area contributed by atoms with Gasteiger partial charge in [-0.25, -0.2) is 9.18 Å². The van der Waals surface area contributed by atoms with Crippen molar-refractivity contribution in [2.75, 3.05) is 6.61 Å². The lowest BCUT2D eigenvalue weighted by atomic mass is 10.2. The third-order valence-corrected chi connectivity index (χ3v) is 2.18. The standard InChI is InChI=1S/C12H9FO4/c1-2-16-12(15)10(14)9-6-7-4-3-5-8(13)11(7)17-9/h3-6H,2H2,1H3. The number of fused-ring (bicyclic) bond motifs is 1. The van der Waals surface area contributed by atoms with Crippen LogP contribution in [0.5, 0.6) is 0 Å². The number of hydrogen-bond acceptors (Lipinski definition) is 4. The summed E-state index contributed by atoms with van der Waals surface area (Å²) in [5.41, 5.74) is -0.0415. The van der Waals surface area contributed by atoms with E-state index in [0.29, 0.717) is 5.39 Å². The lowest BCUT2D eigenvalue weighted by Crippen LogP contribution is -2.16. The Morgan fingerprint density at radius 3 is 2.82 bits per heavy atom. The van der Waals surface area contributed by atoms with Crippen molar-refractivity contribution < 1.29 is 23.1 Å². The van der Waals surface area contributed by atoms with Gasteiger partial charge in [0.1, 0.15) is 0 Å². The maximum atomic E-state index is 13.3. The van der Waals surface area contributed by atoms with E-state index in [1.165, 1.54) is 18.2 Å². The molecule has 1 heterocycles. The molecule has 0 atom stereocenters. The molecule has 88 valence electrons. The van der Waals surface area contributed by atoms with E-state index in [9.17, 15) is 14.0 Å². The lowest BCUT2D eigenvalue weighted by Gasteiger charge is -1.96. The second-order valence-electron chi connectivity index (χ2n) is 3.32. The average molecular weight is 236 g/mol. The number of furan rings is 1. The Hall–Kier alpha value is -2.17. The highest BCUT2D eigenvalue weighted by Crippen LogP contribution is 2.22. The number of benzene rings is 1. The SMILES string of the molecule is CCOC(=O)C(=O)c1cc2cccc(F)c2o1. The molecule has 17 heavy (non-hydrogen) atoms. The van der Waals surface area contributed by atoms with Gasteiger partial charge < -0.3 is 9.15 Å². The van der Waals surface area contributed by atoms with E-state index in [2.05, 4.69) is 4.74 Å². The van der Waals surface area contributed by atoms with Gasteiger partial charge in [-0.15, -0.1) is 0 Å². The number of carbonyl (C=O) groups excluding carboxylic acids is 2. The molecular weight excluding hydrogens is 227 g/mol. The van der Waals surface area contributed by atoms with Crippen LogP contribution in [0.2, 0.25) is 0 Å². The van der Waals surface area contributed by atoms with E-state index in [1.54, 1.807) is 13.0 Å². The summed E-state index contributed by atoms with van der Waals surface area (Å²) in [6.45, 7) is 1.68. The minimum absolute atomic E-state index is 0.0415. The van der Waals surface area contributed by atoms with Crippen LogP contribution in [0.1, 0.15) is 17.5 Å². The number of ether oxygens (including phenoxy) is 1. The maximum Gasteiger partial charge on any atom is 0.383 e. The van der Waals surface area contributed by atoms with Crippen molar-refractivity contribution in [2.45, 2.75) is 6.92 Å². The number of ketones is 1. The average Bonchev–Trinajstić information content (AvgIpc) is 2.73. The molecule has 0 spiro atoms. The van der Waals surface area contributed by atoms with E-state index < -0.39 is 17.6 Å². The van der Waals surface area contributed by atoms with Crippen LogP contribution in [0.3, 0.4) is 0 Å². The minimum atomic E-state index is -1.01. The molecule has 2 aromatic rings. The van der Waals surface area contributed by atoms with Crippen LogP contribution in [0.15, 0.2) is 28.7 Å². The van der Waals surface area contributed by atoms with Gasteiger partial charge in [0.25, 0.3) is 0 Å². The van der Waals surface area contributed by atoms with Crippen LogP contribution < -0.4 is 0 Å². The molecule has 0 amide bonds. The molecule has 5 heteroatoms. The van der Waals surface area contributed by atoms with Gasteiger partial charge in [-0.1, -0.05) is 12.1 Å². The number of para-hydroxylation sites is 1. The monoisotopic (exact) mass is 236 g/mol. The molecule has 0 unspecified atom stereocenters. The van der Waals surface area contributed by atoms with Crippen molar-refractivity contribution in [3.8, 4) is 0 Å². The molecule has 0 saturated heterocycles. The van der Waals surface area contributed by atoms with E-state index in [4.69, 9.17) is 4.42 Å². The van der Waals surface area contributed by atoms with Crippen LogP contribution in [0.4, 0.5) is 4.39 Å². The Labute approximate surface area is 96.0 Å². The van der Waals surface area contributed by atoms with E-state index >= 15 is 0 Å². The molecule has 1 aromatic carbocycles. The van der Waals surface area contributed by atoms with Crippen LogP contribution in [0.25, 0.3) is 11.0 Å². The first kappa shape index (κ1) is 11.3. The number of hydrogen-bond donors (Lipinski definition) is 0. The molecule has 1 aromatic heterocycles. The number of halogens is 1. The summed E-state index contributed by atoms with van der Waals surface area (Å²) in [6.07, 6.45) is 0. The van der Waals surface area contributed by atoms with E-state index in [0.717, 1.165) is 0 Å². The predicted octanol–water partition coefficient (Wildman–Crippen LogP) is 2.32. The van der Waals surface area contributed by atoms with Crippen molar-refractivity contribution in [1.82, 2.24) is 0 Å². The molecule has 0 radical (unpaired) electrons. The summed E-state index contributed by atoms with van der Waals surface area (Å²) < 4.78 is 22.8. The fraction of sp³-hybridized carbons (Fsp3) is 0.167. The van der Waals surface area contributed by atoms with Gasteiger partial charge in [0.05, 0.1) is 6.61 Å². The van der Waals surface area contributed by atoms with Crippen LogP contribution in [-0.4, -0.2) is 18.4 Å². The summed E-state index contributed by atoms with van der Waals surface area (Å²) in [4.78, 5) is 22.7. The minimum Gasteiger partial charge on any atom is -0.460 e. The van der Waals surface area contributed by atoms with Gasteiger partial charge in [0.2, 0.25) is 0 Å². The fourth-order valence-corrected chi connectivity index (χ4v) is 1.44. The van der Waals surface area contributed by atoms with Crippen LogP contribution in [0, 0.1) is 5.82 Å². The highest BCUT2D eigenvalue weighted by atomic mass is 19.1. The second-order valence-corrected chi connectivity index (χ2v) is 3.32. The molecule has 0 aliphatic carbocycles. The van der Waals surface area contributed by atoms with Gasteiger partial charge in [0, 0.05) is 5.39 Å². The van der Waals surface area contributed by atoms with Crippen molar-refractivity contribution in [3.05, 3.63) is 35.8 Å². The molecule has 0 aliphatic heterocycles. The third-order valence-electron chi connectivity index (χ3n) is 2.18. The van der Waals surface area contributed by atoms with Gasteiger partial charge >= 0.3 is 11.8 Å². The molecule has 0 fully saturated rings. The van der Waals surface area contributed by atoms with Crippen LogP contribution >= 0.6 is 0 Å². The molecule has 0 N–H and O–H groups in total. The molecule has 0 saturated carbocycles.